The van der Waals surface area contributed by atoms with Gasteiger partial charge in [0, 0.05) is 12.0 Å². The first-order valence-corrected chi connectivity index (χ1v) is 6.43. The molecule has 20 heavy (non-hydrogen) atoms. The predicted molar refractivity (Wildman–Crippen MR) is 70.4 cm³/mol. The summed E-state index contributed by atoms with van der Waals surface area (Å²) >= 11 is 0. The molecule has 1 fully saturated rings. The summed E-state index contributed by atoms with van der Waals surface area (Å²) in [4.78, 5) is 36.9. The minimum atomic E-state index is -0.617. The third kappa shape index (κ3) is 1.84. The quantitative estimate of drug-likeness (QED) is 0.792. The first kappa shape index (κ1) is 12.7. The molecule has 1 aromatic carbocycles. The van der Waals surface area contributed by atoms with Gasteiger partial charge in [0.1, 0.15) is 11.8 Å². The molecule has 2 aliphatic rings. The molecule has 6 heteroatoms. The number of carbonyl (C=O) groups excluding carboxylic acids is 3. The van der Waals surface area contributed by atoms with Crippen LogP contribution in [0.15, 0.2) is 18.2 Å². The van der Waals surface area contributed by atoms with Crippen LogP contribution in [-0.4, -0.2) is 30.9 Å². The van der Waals surface area contributed by atoms with Crippen LogP contribution in [0.4, 0.5) is 5.69 Å². The fourth-order valence-electron chi connectivity index (χ4n) is 2.79. The number of rotatable bonds is 2. The molecule has 3 amide bonds. The Kier molecular flexibility index (Phi) is 2.93. The van der Waals surface area contributed by atoms with Crippen LogP contribution in [0, 0.1) is 0 Å². The van der Waals surface area contributed by atoms with Crippen LogP contribution in [-0.2, 0) is 20.8 Å². The number of hydrogen-bond acceptors (Lipinski definition) is 4. The number of piperidine rings is 1. The van der Waals surface area contributed by atoms with E-state index in [1.807, 2.05) is 0 Å². The van der Waals surface area contributed by atoms with Crippen molar-refractivity contribution in [2.75, 3.05) is 12.0 Å². The fourth-order valence-corrected chi connectivity index (χ4v) is 2.79. The predicted octanol–water partition coefficient (Wildman–Crippen LogP) is 0.389. The number of ether oxygens (including phenoxy) is 1. The molecule has 1 aromatic rings. The maximum absolute atomic E-state index is 12.2. The van der Waals surface area contributed by atoms with Gasteiger partial charge in [-0.15, -0.1) is 0 Å². The summed E-state index contributed by atoms with van der Waals surface area (Å²) in [7, 11) is 1.55. The van der Waals surface area contributed by atoms with Crippen LogP contribution in [0.1, 0.15) is 18.4 Å². The van der Waals surface area contributed by atoms with Crippen LogP contribution >= 0.6 is 0 Å². The number of imide groups is 1. The highest BCUT2D eigenvalue weighted by Gasteiger charge is 2.40. The molecule has 2 heterocycles. The molecular weight excluding hydrogens is 260 g/mol. The Balaban J connectivity index is 1.98. The number of anilines is 1. The van der Waals surface area contributed by atoms with Gasteiger partial charge in [-0.2, -0.15) is 0 Å². The number of nitrogens with zero attached hydrogens (tertiary/aromatic N) is 1. The smallest absolute Gasteiger partial charge is 0.249 e. The highest BCUT2D eigenvalue weighted by atomic mass is 16.5. The summed E-state index contributed by atoms with van der Waals surface area (Å²) in [5.74, 6) is -0.196. The zero-order valence-electron chi connectivity index (χ0n) is 11.0. The summed E-state index contributed by atoms with van der Waals surface area (Å²) in [6, 6.07) is 4.76. The standard InChI is InChI=1S/C14H14N2O4/c1-20-11-4-2-3-9-8(11)7-13(18)16(9)10-5-6-12(17)15-14(10)19/h2-4,10H,5-7H2,1H3,(H,15,17,19). The Bertz CT molecular complexity index is 611. The summed E-state index contributed by atoms with van der Waals surface area (Å²) in [6.45, 7) is 0. The molecule has 1 saturated heterocycles. The summed E-state index contributed by atoms with van der Waals surface area (Å²) in [5, 5.41) is 2.28. The molecule has 1 unspecified atom stereocenters. The van der Waals surface area contributed by atoms with E-state index >= 15 is 0 Å². The van der Waals surface area contributed by atoms with E-state index < -0.39 is 11.9 Å². The Labute approximate surface area is 115 Å². The van der Waals surface area contributed by atoms with E-state index in [0.29, 0.717) is 17.9 Å². The number of amides is 3. The maximum Gasteiger partial charge on any atom is 0.249 e. The van der Waals surface area contributed by atoms with Gasteiger partial charge in [-0.25, -0.2) is 0 Å². The molecular formula is C14H14N2O4. The molecule has 6 nitrogen and oxygen atoms in total. The molecule has 0 spiro atoms. The third-order valence-electron chi connectivity index (χ3n) is 3.71. The van der Waals surface area contributed by atoms with E-state index in [2.05, 4.69) is 5.32 Å². The van der Waals surface area contributed by atoms with Gasteiger partial charge >= 0.3 is 0 Å². The molecule has 0 saturated carbocycles. The summed E-state index contributed by atoms with van der Waals surface area (Å²) in [5.41, 5.74) is 1.49. The van der Waals surface area contributed by atoms with Gasteiger partial charge in [0.05, 0.1) is 19.2 Å². The van der Waals surface area contributed by atoms with Crippen LogP contribution in [0.2, 0.25) is 0 Å². The van der Waals surface area contributed by atoms with E-state index in [0.717, 1.165) is 5.56 Å². The van der Waals surface area contributed by atoms with Gasteiger partial charge in [-0.1, -0.05) is 6.07 Å². The lowest BCUT2D eigenvalue weighted by molar-refractivity contribution is -0.135. The highest BCUT2D eigenvalue weighted by molar-refractivity contribution is 6.10. The zero-order chi connectivity index (χ0) is 14.3. The Morgan fingerprint density at radius 1 is 1.30 bits per heavy atom. The van der Waals surface area contributed by atoms with Crippen molar-refractivity contribution in [2.45, 2.75) is 25.3 Å². The summed E-state index contributed by atoms with van der Waals surface area (Å²) < 4.78 is 5.25. The van der Waals surface area contributed by atoms with Gasteiger partial charge < -0.3 is 4.74 Å². The van der Waals surface area contributed by atoms with Gasteiger partial charge in [-0.3, -0.25) is 24.6 Å². The lowest BCUT2D eigenvalue weighted by Gasteiger charge is -2.30. The van der Waals surface area contributed by atoms with Gasteiger partial charge in [0.25, 0.3) is 0 Å². The second-order valence-electron chi connectivity index (χ2n) is 4.87. The van der Waals surface area contributed by atoms with E-state index in [9.17, 15) is 14.4 Å². The SMILES string of the molecule is COc1cccc2c1CC(=O)N2C1CCC(=O)NC1=O. The molecule has 2 aliphatic heterocycles. The molecule has 104 valence electrons. The minimum Gasteiger partial charge on any atom is -0.496 e. The van der Waals surface area contributed by atoms with Gasteiger partial charge in [0.2, 0.25) is 17.7 Å². The van der Waals surface area contributed by atoms with E-state index in [-0.39, 0.29) is 24.7 Å². The van der Waals surface area contributed by atoms with E-state index in [4.69, 9.17) is 4.74 Å². The van der Waals surface area contributed by atoms with Crippen molar-refractivity contribution in [1.82, 2.24) is 5.32 Å². The maximum atomic E-state index is 12.2. The minimum absolute atomic E-state index is 0.140. The van der Waals surface area contributed by atoms with Crippen LogP contribution in [0.3, 0.4) is 0 Å². The van der Waals surface area contributed by atoms with Crippen molar-refractivity contribution in [1.29, 1.82) is 0 Å². The Morgan fingerprint density at radius 2 is 2.10 bits per heavy atom. The zero-order valence-corrected chi connectivity index (χ0v) is 11.0. The second-order valence-corrected chi connectivity index (χ2v) is 4.87. The van der Waals surface area contributed by atoms with Crippen molar-refractivity contribution in [3.8, 4) is 5.75 Å². The number of fused-ring (bicyclic) bond motifs is 1. The first-order chi connectivity index (χ1) is 9.61. The Morgan fingerprint density at radius 3 is 2.80 bits per heavy atom. The van der Waals surface area contributed by atoms with Crippen molar-refractivity contribution in [3.63, 3.8) is 0 Å². The number of methoxy groups -OCH3 is 1. The third-order valence-corrected chi connectivity index (χ3v) is 3.71. The van der Waals surface area contributed by atoms with Crippen molar-refractivity contribution < 1.29 is 19.1 Å². The lowest BCUT2D eigenvalue weighted by Crippen LogP contribution is -2.53. The topological polar surface area (TPSA) is 75.7 Å². The normalized spacial score (nSPS) is 21.8. The van der Waals surface area contributed by atoms with Crippen molar-refractivity contribution in [3.05, 3.63) is 23.8 Å². The molecule has 0 radical (unpaired) electrons. The molecule has 0 aliphatic carbocycles. The second kappa shape index (κ2) is 4.63. The van der Waals surface area contributed by atoms with Crippen LogP contribution in [0.5, 0.6) is 5.75 Å². The van der Waals surface area contributed by atoms with Gasteiger partial charge in [0.15, 0.2) is 0 Å². The van der Waals surface area contributed by atoms with Gasteiger partial charge in [-0.05, 0) is 18.6 Å². The molecule has 0 aromatic heterocycles. The van der Waals surface area contributed by atoms with Crippen LogP contribution < -0.4 is 15.0 Å². The number of hydrogen-bond donors (Lipinski definition) is 1. The average Bonchev–Trinajstić information content (AvgIpc) is 2.75. The van der Waals surface area contributed by atoms with Crippen molar-refractivity contribution >= 4 is 23.4 Å². The van der Waals surface area contributed by atoms with Crippen LogP contribution in [0.25, 0.3) is 0 Å². The largest absolute Gasteiger partial charge is 0.496 e. The average molecular weight is 274 g/mol. The number of carbonyl (C=O) groups is 3. The molecule has 0 bridgehead atoms. The first-order valence-electron chi connectivity index (χ1n) is 6.43. The van der Waals surface area contributed by atoms with E-state index in [1.54, 1.807) is 25.3 Å². The number of benzene rings is 1. The monoisotopic (exact) mass is 274 g/mol. The lowest BCUT2D eigenvalue weighted by atomic mass is 10.0. The fraction of sp³-hybridized carbons (Fsp3) is 0.357. The molecule has 3 rings (SSSR count). The van der Waals surface area contributed by atoms with Crippen molar-refractivity contribution in [2.24, 2.45) is 0 Å². The Hall–Kier alpha value is -2.37. The summed E-state index contributed by atoms with van der Waals surface area (Å²) in [6.07, 6.45) is 0.823. The molecule has 1 atom stereocenters. The van der Waals surface area contributed by atoms with E-state index in [1.165, 1.54) is 4.90 Å². The molecule has 1 N–H and O–H groups in total. The number of nitrogens with one attached hydrogen (secondary N) is 1. The highest BCUT2D eigenvalue weighted by Crippen LogP contribution is 2.37.